The van der Waals surface area contributed by atoms with Crippen LogP contribution in [0.4, 0.5) is 5.69 Å². The maximum atomic E-state index is 14.1. The Balaban J connectivity index is 2.07. The van der Waals surface area contributed by atoms with E-state index in [4.69, 9.17) is 14.2 Å². The Hall–Kier alpha value is -4.25. The number of carbonyl (C=O) groups excluding carboxylic acids is 2. The molecule has 2 amide bonds. The lowest BCUT2D eigenvalue weighted by Crippen LogP contribution is -2.51. The van der Waals surface area contributed by atoms with Crippen molar-refractivity contribution in [2.45, 2.75) is 38.3 Å². The second-order valence-electron chi connectivity index (χ2n) is 9.31. The number of sulfonamides is 1. The van der Waals surface area contributed by atoms with Gasteiger partial charge in [-0.15, -0.1) is 0 Å². The average Bonchev–Trinajstić information content (AvgIpc) is 2.98. The Kier molecular flexibility index (Phi) is 10.6. The van der Waals surface area contributed by atoms with Gasteiger partial charge in [-0.25, -0.2) is 8.42 Å². The van der Waals surface area contributed by atoms with Crippen LogP contribution in [0.1, 0.15) is 25.0 Å². The van der Waals surface area contributed by atoms with Gasteiger partial charge < -0.3 is 24.4 Å². The second-order valence-corrected chi connectivity index (χ2v) is 11.2. The lowest BCUT2D eigenvalue weighted by Gasteiger charge is -2.32. The van der Waals surface area contributed by atoms with Gasteiger partial charge in [0, 0.05) is 19.2 Å². The van der Waals surface area contributed by atoms with Crippen LogP contribution in [0.2, 0.25) is 0 Å². The van der Waals surface area contributed by atoms with Crippen molar-refractivity contribution in [3.8, 4) is 17.2 Å². The molecule has 0 radical (unpaired) electrons. The van der Waals surface area contributed by atoms with Gasteiger partial charge in [0.1, 0.15) is 18.3 Å². The van der Waals surface area contributed by atoms with Crippen molar-refractivity contribution in [1.29, 1.82) is 0 Å². The van der Waals surface area contributed by atoms with Gasteiger partial charge in [0.15, 0.2) is 11.5 Å². The summed E-state index contributed by atoms with van der Waals surface area (Å²) in [6.07, 6.45) is 0. The number of hydrogen-bond acceptors (Lipinski definition) is 7. The highest BCUT2D eigenvalue weighted by atomic mass is 32.2. The lowest BCUT2D eigenvalue weighted by atomic mass is 10.1. The summed E-state index contributed by atoms with van der Waals surface area (Å²) in [5.41, 5.74) is 1.94. The van der Waals surface area contributed by atoms with Gasteiger partial charge in [0.2, 0.25) is 11.8 Å². The molecule has 0 aromatic heterocycles. The molecule has 0 aliphatic carbocycles. The summed E-state index contributed by atoms with van der Waals surface area (Å²) in [5.74, 6) is 0.278. The van der Waals surface area contributed by atoms with Crippen molar-refractivity contribution in [3.63, 3.8) is 0 Å². The topological polar surface area (TPSA) is 114 Å². The van der Waals surface area contributed by atoms with Crippen LogP contribution in [0.5, 0.6) is 17.2 Å². The van der Waals surface area contributed by atoms with Gasteiger partial charge in [0.05, 0.1) is 31.9 Å². The summed E-state index contributed by atoms with van der Waals surface area (Å²) in [5, 5.41) is 2.74. The molecule has 0 spiro atoms. The van der Waals surface area contributed by atoms with Crippen LogP contribution in [0.25, 0.3) is 0 Å². The number of aryl methyl sites for hydroxylation is 1. The molecule has 0 aliphatic heterocycles. The van der Waals surface area contributed by atoms with E-state index < -0.39 is 28.5 Å². The van der Waals surface area contributed by atoms with Crippen LogP contribution < -0.4 is 23.8 Å². The van der Waals surface area contributed by atoms with Crippen LogP contribution in [0, 0.1) is 6.92 Å². The first-order valence-corrected chi connectivity index (χ1v) is 14.5. The lowest BCUT2D eigenvalue weighted by molar-refractivity contribution is -0.139. The van der Waals surface area contributed by atoms with E-state index in [-0.39, 0.29) is 23.1 Å². The van der Waals surface area contributed by atoms with E-state index in [1.807, 2.05) is 13.0 Å². The number of anilines is 1. The predicted molar refractivity (Wildman–Crippen MR) is 157 cm³/mol. The van der Waals surface area contributed by atoms with Gasteiger partial charge in [-0.05, 0) is 62.7 Å². The summed E-state index contributed by atoms with van der Waals surface area (Å²) < 4.78 is 45.0. The van der Waals surface area contributed by atoms with Crippen molar-refractivity contribution in [2.24, 2.45) is 0 Å². The molecular formula is C30H37N3O7S. The third-order valence-corrected chi connectivity index (χ3v) is 8.32. The van der Waals surface area contributed by atoms with Crippen LogP contribution in [-0.4, -0.2) is 65.6 Å². The monoisotopic (exact) mass is 583 g/mol. The first-order valence-electron chi connectivity index (χ1n) is 13.1. The molecule has 220 valence electrons. The first-order chi connectivity index (χ1) is 19.5. The summed E-state index contributed by atoms with van der Waals surface area (Å²) in [4.78, 5) is 28.1. The summed E-state index contributed by atoms with van der Waals surface area (Å²) in [7, 11) is 0.142. The molecule has 11 heteroatoms. The molecule has 1 N–H and O–H groups in total. The molecule has 3 aromatic rings. The Bertz CT molecular complexity index is 1460. The number of ether oxygens (including phenoxy) is 3. The molecular weight excluding hydrogens is 546 g/mol. The van der Waals surface area contributed by atoms with E-state index in [1.54, 1.807) is 56.3 Å². The molecule has 41 heavy (non-hydrogen) atoms. The molecule has 0 unspecified atom stereocenters. The number of nitrogens with zero attached hydrogens (tertiary/aromatic N) is 2. The van der Waals surface area contributed by atoms with E-state index in [9.17, 15) is 18.0 Å². The molecule has 0 heterocycles. The van der Waals surface area contributed by atoms with E-state index in [0.29, 0.717) is 23.7 Å². The zero-order valence-electron chi connectivity index (χ0n) is 24.2. The van der Waals surface area contributed by atoms with E-state index in [0.717, 1.165) is 15.4 Å². The maximum Gasteiger partial charge on any atom is 0.264 e. The summed E-state index contributed by atoms with van der Waals surface area (Å²) in [6.45, 7) is 5.18. The zero-order chi connectivity index (χ0) is 30.2. The van der Waals surface area contributed by atoms with Gasteiger partial charge in [-0.2, -0.15) is 0 Å². The quantitative estimate of drug-likeness (QED) is 0.326. The number of nitrogens with one attached hydrogen (secondary N) is 1. The molecule has 0 saturated heterocycles. The fourth-order valence-corrected chi connectivity index (χ4v) is 5.65. The fraction of sp³-hybridized carbons (Fsp3) is 0.333. The third kappa shape index (κ3) is 7.49. The number of benzene rings is 3. The predicted octanol–water partition coefficient (Wildman–Crippen LogP) is 3.77. The highest BCUT2D eigenvalue weighted by Crippen LogP contribution is 2.32. The number of methoxy groups -OCH3 is 3. The Morgan fingerprint density at radius 1 is 0.902 bits per heavy atom. The average molecular weight is 584 g/mol. The largest absolute Gasteiger partial charge is 0.497 e. The zero-order valence-corrected chi connectivity index (χ0v) is 25.0. The van der Waals surface area contributed by atoms with E-state index in [2.05, 4.69) is 5.32 Å². The second kappa shape index (κ2) is 13.9. The van der Waals surface area contributed by atoms with E-state index >= 15 is 0 Å². The molecule has 0 aliphatic rings. The Labute approximate surface area is 241 Å². The van der Waals surface area contributed by atoms with Crippen LogP contribution in [-0.2, 0) is 26.2 Å². The Morgan fingerprint density at radius 2 is 1.59 bits per heavy atom. The summed E-state index contributed by atoms with van der Waals surface area (Å²) in [6, 6.07) is 17.3. The first kappa shape index (κ1) is 31.3. The highest BCUT2D eigenvalue weighted by Gasteiger charge is 2.33. The standard InChI is InChI=1S/C30H37N3O7S/c1-7-31-30(35)22(3)32(19-23-9-8-10-25(17-23)38-4)29(34)20-33(24-13-11-21(2)12-14-24)41(36,37)26-15-16-27(39-5)28(18-26)40-6/h8-18,22H,7,19-20H2,1-6H3,(H,31,35)/t22-/m1/s1. The van der Waals surface area contributed by atoms with Gasteiger partial charge in [-0.1, -0.05) is 29.8 Å². The number of likely N-dealkylation sites (N-methyl/N-ethyl adjacent to an activating group) is 1. The number of rotatable bonds is 13. The molecule has 10 nitrogen and oxygen atoms in total. The molecule has 0 bridgehead atoms. The van der Waals surface area contributed by atoms with Gasteiger partial charge >= 0.3 is 0 Å². The third-order valence-electron chi connectivity index (χ3n) is 6.55. The molecule has 3 rings (SSSR count). The van der Waals surface area contributed by atoms with Gasteiger partial charge in [0.25, 0.3) is 10.0 Å². The number of carbonyl (C=O) groups is 2. The minimum atomic E-state index is -4.26. The molecule has 0 saturated carbocycles. The van der Waals surface area contributed by atoms with Gasteiger partial charge in [-0.3, -0.25) is 13.9 Å². The normalized spacial score (nSPS) is 11.8. The molecule has 0 fully saturated rings. The van der Waals surface area contributed by atoms with Crippen molar-refractivity contribution >= 4 is 27.5 Å². The van der Waals surface area contributed by atoms with Crippen molar-refractivity contribution in [3.05, 3.63) is 77.9 Å². The number of hydrogen-bond donors (Lipinski definition) is 1. The number of amides is 2. The fourth-order valence-electron chi connectivity index (χ4n) is 4.22. The Morgan fingerprint density at radius 3 is 2.20 bits per heavy atom. The van der Waals surface area contributed by atoms with Crippen molar-refractivity contribution < 1.29 is 32.2 Å². The summed E-state index contributed by atoms with van der Waals surface area (Å²) >= 11 is 0. The highest BCUT2D eigenvalue weighted by molar-refractivity contribution is 7.92. The molecule has 3 aromatic carbocycles. The van der Waals surface area contributed by atoms with E-state index in [1.165, 1.54) is 44.4 Å². The minimum absolute atomic E-state index is 0.0620. The van der Waals surface area contributed by atoms with Crippen LogP contribution in [0.15, 0.2) is 71.6 Å². The van der Waals surface area contributed by atoms with Crippen LogP contribution >= 0.6 is 0 Å². The maximum absolute atomic E-state index is 14.1. The van der Waals surface area contributed by atoms with Crippen LogP contribution in [0.3, 0.4) is 0 Å². The minimum Gasteiger partial charge on any atom is -0.497 e. The SMILES string of the molecule is CCNC(=O)[C@@H](C)N(Cc1cccc(OC)c1)C(=O)CN(c1ccc(C)cc1)S(=O)(=O)c1ccc(OC)c(OC)c1. The van der Waals surface area contributed by atoms with Crippen molar-refractivity contribution in [2.75, 3.05) is 38.7 Å². The van der Waals surface area contributed by atoms with Crippen molar-refractivity contribution in [1.82, 2.24) is 10.2 Å². The smallest absolute Gasteiger partial charge is 0.264 e. The molecule has 1 atom stereocenters.